The van der Waals surface area contributed by atoms with E-state index in [9.17, 15) is 9.59 Å². The Kier molecular flexibility index (Phi) is 6.29. The Bertz CT molecular complexity index is 704. The number of halogens is 1. The number of amides is 2. The highest BCUT2D eigenvalue weighted by atomic mass is 79.9. The molecule has 0 saturated heterocycles. The molecule has 2 aromatic rings. The average molecular weight is 376 g/mol. The van der Waals surface area contributed by atoms with E-state index in [2.05, 4.69) is 38.5 Å². The second-order valence-electron chi connectivity index (χ2n) is 4.95. The first-order valence-corrected chi connectivity index (χ1v) is 8.22. The van der Waals surface area contributed by atoms with Crippen molar-refractivity contribution in [2.24, 2.45) is 0 Å². The van der Waals surface area contributed by atoms with Gasteiger partial charge < -0.3 is 10.6 Å². The molecule has 1 aromatic carbocycles. The molecule has 0 spiro atoms. The van der Waals surface area contributed by atoms with E-state index in [-0.39, 0.29) is 23.2 Å². The normalized spacial score (nSPS) is 10.2. The van der Waals surface area contributed by atoms with Crippen molar-refractivity contribution >= 4 is 33.4 Å². The molecule has 0 aliphatic carbocycles. The summed E-state index contributed by atoms with van der Waals surface area (Å²) in [5.41, 5.74) is 1.09. The fourth-order valence-electron chi connectivity index (χ4n) is 1.91. The first-order valence-electron chi connectivity index (χ1n) is 7.43. The fourth-order valence-corrected chi connectivity index (χ4v) is 2.29. The molecule has 2 N–H and O–H groups in total. The van der Waals surface area contributed by atoms with E-state index in [1.807, 2.05) is 18.2 Å². The van der Waals surface area contributed by atoms with Gasteiger partial charge in [-0.05, 0) is 46.6 Å². The quantitative estimate of drug-likeness (QED) is 0.757. The minimum atomic E-state index is -0.361. The topological polar surface area (TPSA) is 71.1 Å². The number of unbranched alkanes of at least 4 members (excludes halogenated alkanes) is 1. The molecule has 0 aliphatic rings. The second kappa shape index (κ2) is 8.43. The Morgan fingerprint density at radius 2 is 1.74 bits per heavy atom. The summed E-state index contributed by atoms with van der Waals surface area (Å²) < 4.78 is 0.779. The van der Waals surface area contributed by atoms with Crippen LogP contribution in [0.1, 0.15) is 40.7 Å². The predicted octanol–water partition coefficient (Wildman–Crippen LogP) is 3.63. The molecule has 2 amide bonds. The monoisotopic (exact) mass is 375 g/mol. The van der Waals surface area contributed by atoms with Crippen molar-refractivity contribution < 1.29 is 9.59 Å². The highest BCUT2D eigenvalue weighted by Crippen LogP contribution is 2.21. The Morgan fingerprint density at radius 3 is 2.43 bits per heavy atom. The maximum atomic E-state index is 12.3. The lowest BCUT2D eigenvalue weighted by Gasteiger charge is -2.08. The molecule has 0 fully saturated rings. The van der Waals surface area contributed by atoms with Crippen LogP contribution < -0.4 is 10.6 Å². The molecule has 23 heavy (non-hydrogen) atoms. The number of carbonyl (C=O) groups excluding carboxylic acids is 2. The van der Waals surface area contributed by atoms with Crippen LogP contribution in [-0.4, -0.2) is 23.3 Å². The van der Waals surface area contributed by atoms with Crippen molar-refractivity contribution in [1.82, 2.24) is 10.3 Å². The largest absolute Gasteiger partial charge is 0.351 e. The lowest BCUT2D eigenvalue weighted by molar-refractivity contribution is 0.0948. The van der Waals surface area contributed by atoms with Crippen molar-refractivity contribution in [2.45, 2.75) is 19.8 Å². The highest BCUT2D eigenvalue weighted by molar-refractivity contribution is 9.10. The zero-order valence-electron chi connectivity index (χ0n) is 12.8. The molecule has 0 saturated carbocycles. The highest BCUT2D eigenvalue weighted by Gasteiger charge is 2.13. The maximum Gasteiger partial charge on any atom is 0.274 e. The van der Waals surface area contributed by atoms with Crippen LogP contribution in [0.3, 0.4) is 0 Å². The number of hydrogen-bond donors (Lipinski definition) is 2. The number of nitrogens with one attached hydrogen (secondary N) is 2. The summed E-state index contributed by atoms with van der Waals surface area (Å²) in [6, 6.07) is 12.1. The van der Waals surface area contributed by atoms with Crippen LogP contribution in [0.2, 0.25) is 0 Å². The number of pyridine rings is 1. The lowest BCUT2D eigenvalue weighted by atomic mass is 10.2. The third-order valence-corrected chi connectivity index (χ3v) is 3.84. The van der Waals surface area contributed by atoms with Crippen LogP contribution in [0, 0.1) is 0 Å². The van der Waals surface area contributed by atoms with Gasteiger partial charge in [-0.25, -0.2) is 4.98 Å². The molecule has 0 radical (unpaired) electrons. The van der Waals surface area contributed by atoms with Gasteiger partial charge in [0.05, 0.1) is 5.69 Å². The van der Waals surface area contributed by atoms with Gasteiger partial charge in [-0.2, -0.15) is 0 Å². The predicted molar refractivity (Wildman–Crippen MR) is 93.6 cm³/mol. The smallest absolute Gasteiger partial charge is 0.274 e. The lowest BCUT2D eigenvalue weighted by Crippen LogP contribution is -2.26. The number of rotatable bonds is 6. The summed E-state index contributed by atoms with van der Waals surface area (Å²) in [6.45, 7) is 2.65. The van der Waals surface area contributed by atoms with Gasteiger partial charge in [0.15, 0.2) is 0 Å². The average Bonchev–Trinajstić information content (AvgIpc) is 2.57. The molecule has 6 heteroatoms. The van der Waals surface area contributed by atoms with Crippen molar-refractivity contribution in [3.8, 4) is 0 Å². The summed E-state index contributed by atoms with van der Waals surface area (Å²) in [7, 11) is 0. The van der Waals surface area contributed by atoms with E-state index in [1.165, 1.54) is 0 Å². The minimum absolute atomic E-state index is 0.198. The zero-order valence-corrected chi connectivity index (χ0v) is 14.4. The molecule has 5 nitrogen and oxygen atoms in total. The summed E-state index contributed by atoms with van der Waals surface area (Å²) in [5, 5.41) is 5.55. The fraction of sp³-hybridized carbons (Fsp3) is 0.235. The van der Waals surface area contributed by atoms with E-state index in [4.69, 9.17) is 0 Å². The van der Waals surface area contributed by atoms with Gasteiger partial charge in [0.2, 0.25) is 0 Å². The summed E-state index contributed by atoms with van der Waals surface area (Å²) in [5.74, 6) is -0.630. The molecule has 1 heterocycles. The van der Waals surface area contributed by atoms with Gasteiger partial charge in [0.25, 0.3) is 11.8 Å². The maximum absolute atomic E-state index is 12.3. The Labute approximate surface area is 143 Å². The Morgan fingerprint density at radius 1 is 1.04 bits per heavy atom. The van der Waals surface area contributed by atoms with Crippen molar-refractivity contribution in [3.05, 3.63) is 58.3 Å². The van der Waals surface area contributed by atoms with Gasteiger partial charge in [-0.1, -0.05) is 31.5 Å². The molecule has 0 atom stereocenters. The van der Waals surface area contributed by atoms with Crippen LogP contribution in [0.25, 0.3) is 0 Å². The van der Waals surface area contributed by atoms with Crippen molar-refractivity contribution in [2.75, 3.05) is 11.9 Å². The van der Waals surface area contributed by atoms with E-state index in [1.54, 1.807) is 24.3 Å². The molecule has 2 rings (SSSR count). The third-order valence-electron chi connectivity index (χ3n) is 3.15. The number of nitrogens with zero attached hydrogens (tertiary/aromatic N) is 1. The number of para-hydroxylation sites is 1. The van der Waals surface area contributed by atoms with E-state index >= 15 is 0 Å². The molecular formula is C17H18BrN3O2. The summed E-state index contributed by atoms with van der Waals surface area (Å²) in [6.07, 6.45) is 1.91. The van der Waals surface area contributed by atoms with Gasteiger partial charge in [0.1, 0.15) is 11.4 Å². The first-order chi connectivity index (χ1) is 11.1. The van der Waals surface area contributed by atoms with Crippen LogP contribution >= 0.6 is 15.9 Å². The van der Waals surface area contributed by atoms with E-state index < -0.39 is 0 Å². The molecule has 120 valence electrons. The van der Waals surface area contributed by atoms with Gasteiger partial charge in [0, 0.05) is 11.0 Å². The number of carbonyl (C=O) groups is 2. The van der Waals surface area contributed by atoms with Crippen molar-refractivity contribution in [3.63, 3.8) is 0 Å². The van der Waals surface area contributed by atoms with Gasteiger partial charge in [-0.3, -0.25) is 9.59 Å². The molecular weight excluding hydrogens is 358 g/mol. The van der Waals surface area contributed by atoms with Crippen LogP contribution in [0.4, 0.5) is 5.69 Å². The Balaban J connectivity index is 2.08. The van der Waals surface area contributed by atoms with E-state index in [0.29, 0.717) is 12.2 Å². The summed E-state index contributed by atoms with van der Waals surface area (Å²) in [4.78, 5) is 28.4. The van der Waals surface area contributed by atoms with Gasteiger partial charge >= 0.3 is 0 Å². The van der Waals surface area contributed by atoms with Crippen molar-refractivity contribution in [1.29, 1.82) is 0 Å². The SMILES string of the molecule is CCCCNC(=O)c1cccc(C(=O)Nc2ccccc2Br)n1. The van der Waals surface area contributed by atoms with Gasteiger partial charge in [-0.15, -0.1) is 0 Å². The van der Waals surface area contributed by atoms with E-state index in [0.717, 1.165) is 17.3 Å². The minimum Gasteiger partial charge on any atom is -0.351 e. The van der Waals surface area contributed by atoms with Crippen LogP contribution in [0.15, 0.2) is 46.9 Å². The van der Waals surface area contributed by atoms with Crippen LogP contribution in [0.5, 0.6) is 0 Å². The number of benzene rings is 1. The third kappa shape index (κ3) is 4.89. The molecule has 1 aromatic heterocycles. The number of hydrogen-bond acceptors (Lipinski definition) is 3. The number of aromatic nitrogens is 1. The molecule has 0 unspecified atom stereocenters. The zero-order chi connectivity index (χ0) is 16.7. The Hall–Kier alpha value is -2.21. The number of anilines is 1. The first kappa shape index (κ1) is 17.1. The second-order valence-corrected chi connectivity index (χ2v) is 5.81. The summed E-state index contributed by atoms with van der Waals surface area (Å²) >= 11 is 3.37. The standard InChI is InChI=1S/C17H18BrN3O2/c1-2-3-11-19-16(22)14-9-6-10-15(20-14)17(23)21-13-8-5-4-7-12(13)18/h4-10H,2-3,11H2,1H3,(H,19,22)(H,21,23). The van der Waals surface area contributed by atoms with Crippen LogP contribution in [-0.2, 0) is 0 Å². The molecule has 0 bridgehead atoms. The molecule has 0 aliphatic heterocycles.